The zero-order valence-corrected chi connectivity index (χ0v) is 8.38. The molecule has 13 heavy (non-hydrogen) atoms. The van der Waals surface area contributed by atoms with Gasteiger partial charge in [0.15, 0.2) is 0 Å². The second-order valence-electron chi connectivity index (χ2n) is 2.47. The molecule has 0 radical (unpaired) electrons. The van der Waals surface area contributed by atoms with Gasteiger partial charge in [-0.05, 0) is 12.1 Å². The first-order valence-corrected chi connectivity index (χ1v) is 5.68. The smallest absolute Gasteiger partial charge is 0.148 e. The first kappa shape index (κ1) is 10.1. The van der Waals surface area contributed by atoms with E-state index in [-0.39, 0.29) is 0 Å². The van der Waals surface area contributed by atoms with E-state index in [2.05, 4.69) is 15.5 Å². The van der Waals surface area contributed by atoms with Crippen LogP contribution in [0.15, 0.2) is 18.3 Å². The van der Waals surface area contributed by atoms with Crippen molar-refractivity contribution in [3.05, 3.63) is 18.3 Å². The monoisotopic (exact) mass is 199 g/mol. The second kappa shape index (κ2) is 5.64. The normalized spacial score (nSPS) is 12.4. The number of rotatable bonds is 5. The molecule has 0 amide bonds. The van der Waals surface area contributed by atoms with Crippen molar-refractivity contribution in [1.82, 2.24) is 10.2 Å². The minimum absolute atomic E-state index is 0.660. The predicted octanol–water partition coefficient (Wildman–Crippen LogP) is 0.657. The number of anilines is 1. The van der Waals surface area contributed by atoms with E-state index in [1.54, 1.807) is 6.20 Å². The SMILES string of the molecule is CCS(=O)CCNc1cccnn1. The summed E-state index contributed by atoms with van der Waals surface area (Å²) >= 11 is 0. The van der Waals surface area contributed by atoms with E-state index < -0.39 is 10.8 Å². The Kier molecular flexibility index (Phi) is 4.39. The molecule has 1 rings (SSSR count). The molecule has 1 N–H and O–H groups in total. The molecule has 1 atom stereocenters. The molecule has 1 aromatic rings. The highest BCUT2D eigenvalue weighted by molar-refractivity contribution is 7.84. The first-order valence-electron chi connectivity index (χ1n) is 4.19. The summed E-state index contributed by atoms with van der Waals surface area (Å²) in [6.07, 6.45) is 1.62. The van der Waals surface area contributed by atoms with Crippen LogP contribution in [-0.4, -0.2) is 32.5 Å². The van der Waals surface area contributed by atoms with Crippen LogP contribution >= 0.6 is 0 Å². The van der Waals surface area contributed by atoms with Gasteiger partial charge in [-0.25, -0.2) is 0 Å². The van der Waals surface area contributed by atoms with Crippen LogP contribution in [0, 0.1) is 0 Å². The van der Waals surface area contributed by atoms with Crippen LogP contribution in [-0.2, 0) is 10.8 Å². The first-order chi connectivity index (χ1) is 6.33. The molecule has 0 aromatic carbocycles. The number of hydrogen-bond acceptors (Lipinski definition) is 4. The second-order valence-corrected chi connectivity index (χ2v) is 4.33. The van der Waals surface area contributed by atoms with Crippen molar-refractivity contribution in [3.8, 4) is 0 Å². The molecule has 1 heterocycles. The molecule has 1 aromatic heterocycles. The van der Waals surface area contributed by atoms with E-state index in [4.69, 9.17) is 0 Å². The number of nitrogens with zero attached hydrogens (tertiary/aromatic N) is 2. The molecule has 0 spiro atoms. The Morgan fingerprint density at radius 2 is 2.46 bits per heavy atom. The molecular weight excluding hydrogens is 186 g/mol. The van der Waals surface area contributed by atoms with Gasteiger partial charge in [0.25, 0.3) is 0 Å². The lowest BCUT2D eigenvalue weighted by Crippen LogP contribution is -2.12. The van der Waals surface area contributed by atoms with Crippen LogP contribution in [0.2, 0.25) is 0 Å². The van der Waals surface area contributed by atoms with Crippen molar-refractivity contribution in [2.45, 2.75) is 6.92 Å². The molecule has 0 aliphatic carbocycles. The molecule has 5 heteroatoms. The Labute approximate surface area is 80.2 Å². The Morgan fingerprint density at radius 3 is 3.08 bits per heavy atom. The summed E-state index contributed by atoms with van der Waals surface area (Å²) in [6, 6.07) is 3.65. The Hall–Kier alpha value is -0.970. The minimum atomic E-state index is -0.711. The van der Waals surface area contributed by atoms with Gasteiger partial charge in [-0.15, -0.1) is 5.10 Å². The standard InChI is InChI=1S/C8H13N3OS/c1-2-13(12)7-6-9-8-4-3-5-10-11-8/h3-5H,2,6-7H2,1H3,(H,9,11). The van der Waals surface area contributed by atoms with Crippen LogP contribution in [0.5, 0.6) is 0 Å². The van der Waals surface area contributed by atoms with Crippen molar-refractivity contribution < 1.29 is 4.21 Å². The van der Waals surface area contributed by atoms with Crippen LogP contribution in [0.1, 0.15) is 6.92 Å². The van der Waals surface area contributed by atoms with Crippen molar-refractivity contribution in [2.24, 2.45) is 0 Å². The Morgan fingerprint density at radius 1 is 1.62 bits per heavy atom. The average Bonchev–Trinajstić information content (AvgIpc) is 2.19. The third kappa shape index (κ3) is 3.98. The van der Waals surface area contributed by atoms with Gasteiger partial charge in [-0.2, -0.15) is 5.10 Å². The third-order valence-electron chi connectivity index (χ3n) is 1.53. The summed E-state index contributed by atoms with van der Waals surface area (Å²) in [6.45, 7) is 2.59. The van der Waals surface area contributed by atoms with Crippen LogP contribution in [0.25, 0.3) is 0 Å². The van der Waals surface area contributed by atoms with Gasteiger partial charge in [-0.1, -0.05) is 6.92 Å². The van der Waals surface area contributed by atoms with Crippen LogP contribution in [0.3, 0.4) is 0 Å². The van der Waals surface area contributed by atoms with Crippen molar-refractivity contribution >= 4 is 16.6 Å². The molecule has 0 aliphatic rings. The zero-order chi connectivity index (χ0) is 9.52. The fourth-order valence-corrected chi connectivity index (χ4v) is 1.45. The Balaban J connectivity index is 2.24. The molecule has 0 aliphatic heterocycles. The van der Waals surface area contributed by atoms with Crippen molar-refractivity contribution in [1.29, 1.82) is 0 Å². The molecule has 1 unspecified atom stereocenters. The van der Waals surface area contributed by atoms with E-state index in [1.165, 1.54) is 0 Å². The van der Waals surface area contributed by atoms with E-state index in [1.807, 2.05) is 19.1 Å². The summed E-state index contributed by atoms with van der Waals surface area (Å²) < 4.78 is 11.0. The Bertz CT molecular complexity index is 265. The fourth-order valence-electron chi connectivity index (χ4n) is 0.833. The van der Waals surface area contributed by atoms with Gasteiger partial charge in [-0.3, -0.25) is 4.21 Å². The maximum atomic E-state index is 11.0. The van der Waals surface area contributed by atoms with Crippen LogP contribution < -0.4 is 5.32 Å². The highest BCUT2D eigenvalue weighted by Crippen LogP contribution is 1.96. The van der Waals surface area contributed by atoms with E-state index in [9.17, 15) is 4.21 Å². The number of nitrogens with one attached hydrogen (secondary N) is 1. The number of aromatic nitrogens is 2. The molecule has 72 valence electrons. The van der Waals surface area contributed by atoms with E-state index in [0.717, 1.165) is 5.82 Å². The quantitative estimate of drug-likeness (QED) is 0.756. The molecule has 0 fully saturated rings. The lowest BCUT2D eigenvalue weighted by molar-refractivity contribution is 0.684. The lowest BCUT2D eigenvalue weighted by Gasteiger charge is -2.02. The highest BCUT2D eigenvalue weighted by Gasteiger charge is 1.95. The molecule has 0 saturated carbocycles. The fraction of sp³-hybridized carbons (Fsp3) is 0.500. The van der Waals surface area contributed by atoms with Gasteiger partial charge in [0.05, 0.1) is 0 Å². The third-order valence-corrected chi connectivity index (χ3v) is 2.83. The van der Waals surface area contributed by atoms with Gasteiger partial charge in [0, 0.05) is 35.0 Å². The van der Waals surface area contributed by atoms with Gasteiger partial charge >= 0.3 is 0 Å². The summed E-state index contributed by atoms with van der Waals surface area (Å²) in [5.74, 6) is 2.10. The van der Waals surface area contributed by atoms with Crippen molar-refractivity contribution in [2.75, 3.05) is 23.4 Å². The summed E-state index contributed by atoms with van der Waals surface area (Å²) in [7, 11) is -0.711. The van der Waals surface area contributed by atoms with Gasteiger partial charge < -0.3 is 5.32 Å². The predicted molar refractivity (Wildman–Crippen MR) is 54.1 cm³/mol. The van der Waals surface area contributed by atoms with Gasteiger partial charge in [0.2, 0.25) is 0 Å². The van der Waals surface area contributed by atoms with E-state index in [0.29, 0.717) is 18.1 Å². The average molecular weight is 199 g/mol. The topological polar surface area (TPSA) is 54.9 Å². The summed E-state index contributed by atoms with van der Waals surface area (Å²) in [5, 5.41) is 10.6. The lowest BCUT2D eigenvalue weighted by atomic mass is 10.5. The molecule has 0 saturated heterocycles. The maximum Gasteiger partial charge on any atom is 0.148 e. The molecular formula is C8H13N3OS. The highest BCUT2D eigenvalue weighted by atomic mass is 32.2. The summed E-state index contributed by atoms with van der Waals surface area (Å²) in [5.41, 5.74) is 0. The van der Waals surface area contributed by atoms with Gasteiger partial charge in [0.1, 0.15) is 5.82 Å². The largest absolute Gasteiger partial charge is 0.368 e. The molecule has 0 bridgehead atoms. The summed E-state index contributed by atoms with van der Waals surface area (Å²) in [4.78, 5) is 0. The van der Waals surface area contributed by atoms with Crippen molar-refractivity contribution in [3.63, 3.8) is 0 Å². The van der Waals surface area contributed by atoms with Crippen LogP contribution in [0.4, 0.5) is 5.82 Å². The number of hydrogen-bond donors (Lipinski definition) is 1. The maximum absolute atomic E-state index is 11.0. The minimum Gasteiger partial charge on any atom is -0.368 e. The zero-order valence-electron chi connectivity index (χ0n) is 7.56. The van der Waals surface area contributed by atoms with E-state index >= 15 is 0 Å². The molecule has 4 nitrogen and oxygen atoms in total.